The fourth-order valence-electron chi connectivity index (χ4n) is 0.885. The molecule has 1 atom stereocenters. The highest BCUT2D eigenvalue weighted by Gasteiger charge is 2.20. The molecule has 1 rings (SSSR count). The summed E-state index contributed by atoms with van der Waals surface area (Å²) in [6.45, 7) is 2.85. The van der Waals surface area contributed by atoms with Gasteiger partial charge in [-0.05, 0) is 13.8 Å². The van der Waals surface area contributed by atoms with E-state index < -0.39 is 12.2 Å². The Morgan fingerprint density at radius 1 is 1.73 bits per heavy atom. The molecular formula is C9H14N2O3S. The Morgan fingerprint density at radius 2 is 2.40 bits per heavy atom. The molecule has 0 saturated carbocycles. The third-order valence-corrected chi connectivity index (χ3v) is 2.60. The predicted octanol–water partition coefficient (Wildman–Crippen LogP) is -0.0754. The number of carbonyl (C=O) groups excluding carboxylic acids is 1. The van der Waals surface area contributed by atoms with E-state index >= 15 is 0 Å². The second-order valence-corrected chi connectivity index (χ2v) is 4.65. The highest BCUT2D eigenvalue weighted by molar-refractivity contribution is 7.09. The third-order valence-electron chi connectivity index (χ3n) is 1.82. The van der Waals surface area contributed by atoms with E-state index in [2.05, 4.69) is 10.3 Å². The lowest BCUT2D eigenvalue weighted by atomic mass is 10.1. The number of aliphatic hydroxyl groups excluding tert-OH is 1. The van der Waals surface area contributed by atoms with Gasteiger partial charge in [0.25, 0.3) is 5.91 Å². The topological polar surface area (TPSA) is 82.5 Å². The molecule has 6 heteroatoms. The van der Waals surface area contributed by atoms with Crippen LogP contribution in [-0.4, -0.2) is 39.9 Å². The molecule has 0 aliphatic rings. The maximum absolute atomic E-state index is 11.5. The van der Waals surface area contributed by atoms with Gasteiger partial charge in [0.1, 0.15) is 11.3 Å². The van der Waals surface area contributed by atoms with Crippen LogP contribution < -0.4 is 5.32 Å². The van der Waals surface area contributed by atoms with E-state index in [1.165, 1.54) is 18.3 Å². The predicted molar refractivity (Wildman–Crippen MR) is 56.9 cm³/mol. The van der Waals surface area contributed by atoms with Gasteiger partial charge < -0.3 is 15.5 Å². The summed E-state index contributed by atoms with van der Waals surface area (Å²) >= 11 is 1.39. The van der Waals surface area contributed by atoms with Crippen molar-refractivity contribution >= 4 is 17.2 Å². The number of rotatable bonds is 4. The highest BCUT2D eigenvalue weighted by atomic mass is 32.1. The Bertz CT molecular complexity index is 349. The van der Waals surface area contributed by atoms with Crippen LogP contribution in [0, 0.1) is 6.92 Å². The molecule has 1 amide bonds. The second kappa shape index (κ2) is 4.69. The lowest BCUT2D eigenvalue weighted by Crippen LogP contribution is -2.43. The van der Waals surface area contributed by atoms with Gasteiger partial charge in [-0.3, -0.25) is 4.79 Å². The van der Waals surface area contributed by atoms with Crippen molar-refractivity contribution in [3.8, 4) is 0 Å². The first-order chi connectivity index (χ1) is 6.94. The molecule has 0 radical (unpaired) electrons. The van der Waals surface area contributed by atoms with Crippen LogP contribution in [0.25, 0.3) is 0 Å². The van der Waals surface area contributed by atoms with Crippen LogP contribution in [0.1, 0.15) is 22.4 Å². The number of hydrogen-bond acceptors (Lipinski definition) is 5. The third kappa shape index (κ3) is 3.58. The van der Waals surface area contributed by atoms with Gasteiger partial charge in [0.15, 0.2) is 0 Å². The molecule has 3 N–H and O–H groups in total. The minimum atomic E-state index is -1.29. The van der Waals surface area contributed by atoms with Crippen LogP contribution in [0.5, 0.6) is 0 Å². The van der Waals surface area contributed by atoms with Crippen LogP contribution >= 0.6 is 11.3 Å². The van der Waals surface area contributed by atoms with Crippen molar-refractivity contribution in [1.29, 1.82) is 0 Å². The Kier molecular flexibility index (Phi) is 3.78. The normalized spacial score (nSPS) is 14.7. The number of carbonyl (C=O) groups is 1. The van der Waals surface area contributed by atoms with Crippen molar-refractivity contribution in [2.45, 2.75) is 19.4 Å². The van der Waals surface area contributed by atoms with Crippen molar-refractivity contribution in [1.82, 2.24) is 10.3 Å². The molecule has 1 unspecified atom stereocenters. The molecule has 0 aliphatic carbocycles. The fourth-order valence-corrected chi connectivity index (χ4v) is 1.48. The monoisotopic (exact) mass is 230 g/mol. The van der Waals surface area contributed by atoms with Crippen LogP contribution in [0.15, 0.2) is 5.38 Å². The summed E-state index contributed by atoms with van der Waals surface area (Å²) in [4.78, 5) is 15.5. The zero-order valence-corrected chi connectivity index (χ0v) is 9.47. The summed E-state index contributed by atoms with van der Waals surface area (Å²) in [7, 11) is 0. The Hall–Kier alpha value is -0.980. The average molecular weight is 230 g/mol. The van der Waals surface area contributed by atoms with Gasteiger partial charge in [0.2, 0.25) is 0 Å². The molecule has 0 aliphatic heterocycles. The lowest BCUT2D eigenvalue weighted by Gasteiger charge is -2.20. The van der Waals surface area contributed by atoms with Crippen molar-refractivity contribution in [2.75, 3.05) is 13.2 Å². The summed E-state index contributed by atoms with van der Waals surface area (Å²) in [6, 6.07) is 0. The Morgan fingerprint density at radius 3 is 2.87 bits per heavy atom. The number of amides is 1. The first kappa shape index (κ1) is 12.1. The van der Waals surface area contributed by atoms with Crippen LogP contribution in [-0.2, 0) is 0 Å². The Labute approximate surface area is 91.8 Å². The number of aromatic nitrogens is 1. The van der Waals surface area contributed by atoms with Crippen molar-refractivity contribution in [3.63, 3.8) is 0 Å². The number of aryl methyl sites for hydroxylation is 1. The van der Waals surface area contributed by atoms with Crippen molar-refractivity contribution in [2.24, 2.45) is 0 Å². The van der Waals surface area contributed by atoms with Gasteiger partial charge in [-0.1, -0.05) is 0 Å². The van der Waals surface area contributed by atoms with Gasteiger partial charge in [0.05, 0.1) is 11.6 Å². The van der Waals surface area contributed by atoms with Crippen LogP contribution in [0.4, 0.5) is 0 Å². The molecule has 84 valence electrons. The van der Waals surface area contributed by atoms with E-state index in [0.29, 0.717) is 5.69 Å². The van der Waals surface area contributed by atoms with E-state index in [0.717, 1.165) is 5.01 Å². The maximum atomic E-state index is 11.5. The van der Waals surface area contributed by atoms with Crippen LogP contribution in [0.3, 0.4) is 0 Å². The molecule has 1 heterocycles. The molecule has 1 aromatic heterocycles. The van der Waals surface area contributed by atoms with E-state index in [4.69, 9.17) is 5.11 Å². The highest BCUT2D eigenvalue weighted by Crippen LogP contribution is 2.08. The molecule has 0 fully saturated rings. The zero-order chi connectivity index (χ0) is 11.5. The average Bonchev–Trinajstić information content (AvgIpc) is 2.61. The number of hydrogen-bond donors (Lipinski definition) is 3. The summed E-state index contributed by atoms with van der Waals surface area (Å²) in [6.07, 6.45) is 0. The van der Waals surface area contributed by atoms with Gasteiger partial charge >= 0.3 is 0 Å². The first-order valence-electron chi connectivity index (χ1n) is 4.48. The number of thiazole rings is 1. The quantitative estimate of drug-likeness (QED) is 0.676. The van der Waals surface area contributed by atoms with Gasteiger partial charge in [-0.15, -0.1) is 11.3 Å². The van der Waals surface area contributed by atoms with Crippen LogP contribution in [0.2, 0.25) is 0 Å². The van der Waals surface area contributed by atoms with E-state index in [-0.39, 0.29) is 12.5 Å². The fraction of sp³-hybridized carbons (Fsp3) is 0.556. The summed E-state index contributed by atoms with van der Waals surface area (Å²) in [5.74, 6) is -0.340. The maximum Gasteiger partial charge on any atom is 0.270 e. The van der Waals surface area contributed by atoms with E-state index in [9.17, 15) is 9.90 Å². The van der Waals surface area contributed by atoms with Crippen molar-refractivity contribution in [3.05, 3.63) is 16.1 Å². The summed E-state index contributed by atoms with van der Waals surface area (Å²) in [5, 5.41) is 23.2. The lowest BCUT2D eigenvalue weighted by molar-refractivity contribution is 0.00317. The molecule has 1 aromatic rings. The van der Waals surface area contributed by atoms with Gasteiger partial charge in [-0.2, -0.15) is 0 Å². The standard InChI is InChI=1S/C9H14N2O3S/c1-6-11-7(3-15-6)8(13)10-4-9(2,14)5-12/h3,12,14H,4-5H2,1-2H3,(H,10,13). The minimum Gasteiger partial charge on any atom is -0.393 e. The minimum absolute atomic E-state index is 0.00108. The SMILES string of the molecule is Cc1nc(C(=O)NCC(C)(O)CO)cs1. The first-order valence-corrected chi connectivity index (χ1v) is 5.36. The van der Waals surface area contributed by atoms with E-state index in [1.54, 1.807) is 5.38 Å². The molecule has 0 saturated heterocycles. The van der Waals surface area contributed by atoms with Gasteiger partial charge in [-0.25, -0.2) is 4.98 Å². The second-order valence-electron chi connectivity index (χ2n) is 3.59. The molecule has 0 aromatic carbocycles. The summed E-state index contributed by atoms with van der Waals surface area (Å²) in [5.41, 5.74) is -0.952. The molecule has 0 spiro atoms. The smallest absolute Gasteiger partial charge is 0.270 e. The van der Waals surface area contributed by atoms with E-state index in [1.807, 2.05) is 6.92 Å². The number of aliphatic hydroxyl groups is 2. The molecule has 0 bridgehead atoms. The zero-order valence-electron chi connectivity index (χ0n) is 8.65. The molecule has 5 nitrogen and oxygen atoms in total. The van der Waals surface area contributed by atoms with Crippen molar-refractivity contribution < 1.29 is 15.0 Å². The largest absolute Gasteiger partial charge is 0.393 e. The van der Waals surface area contributed by atoms with Gasteiger partial charge in [0, 0.05) is 11.9 Å². The summed E-state index contributed by atoms with van der Waals surface area (Å²) < 4.78 is 0. The molecular weight excluding hydrogens is 216 g/mol. The molecule has 15 heavy (non-hydrogen) atoms. The Balaban J connectivity index is 2.50. The number of nitrogens with zero attached hydrogens (tertiary/aromatic N) is 1. The number of nitrogens with one attached hydrogen (secondary N) is 1.